The van der Waals surface area contributed by atoms with Crippen molar-refractivity contribution in [3.05, 3.63) is 30.1 Å². The first kappa shape index (κ1) is 10.7. The molecule has 74 valence electrons. The summed E-state index contributed by atoms with van der Waals surface area (Å²) < 4.78 is 0. The van der Waals surface area contributed by atoms with E-state index < -0.39 is 0 Å². The number of hydrogen-bond donors (Lipinski definition) is 0. The first-order valence-electron chi connectivity index (χ1n) is 4.75. The third-order valence-corrected chi connectivity index (χ3v) is 2.10. The van der Waals surface area contributed by atoms with Crippen LogP contribution in [0.2, 0.25) is 0 Å². The number of nitriles is 1. The third-order valence-electron chi connectivity index (χ3n) is 2.10. The summed E-state index contributed by atoms with van der Waals surface area (Å²) in [5, 5.41) is 8.65. The predicted molar refractivity (Wildman–Crippen MR) is 55.4 cm³/mol. The van der Waals surface area contributed by atoms with Crippen molar-refractivity contribution < 1.29 is 0 Å². The summed E-state index contributed by atoms with van der Waals surface area (Å²) in [7, 11) is 0. The van der Waals surface area contributed by atoms with E-state index in [9.17, 15) is 0 Å². The summed E-state index contributed by atoms with van der Waals surface area (Å²) in [5.74, 6) is 0. The lowest BCUT2D eigenvalue weighted by molar-refractivity contribution is 0.237. The highest BCUT2D eigenvalue weighted by Crippen LogP contribution is 2.04. The molecular weight excluding hydrogens is 174 g/mol. The van der Waals surface area contributed by atoms with Crippen LogP contribution in [0.15, 0.2) is 24.4 Å². The number of hydrogen-bond acceptors (Lipinski definition) is 3. The minimum absolute atomic E-state index is 0.372. The van der Waals surface area contributed by atoms with Crippen LogP contribution in [0.5, 0.6) is 0 Å². The maximum absolute atomic E-state index is 8.65. The third kappa shape index (κ3) is 3.15. The van der Waals surface area contributed by atoms with Crippen molar-refractivity contribution in [1.29, 1.82) is 5.26 Å². The SMILES string of the molecule is CC(C)N(CC#N)Cc1ccccn1. The van der Waals surface area contributed by atoms with Gasteiger partial charge in [0.15, 0.2) is 0 Å². The van der Waals surface area contributed by atoms with E-state index in [-0.39, 0.29) is 0 Å². The van der Waals surface area contributed by atoms with Gasteiger partial charge in [0.2, 0.25) is 0 Å². The largest absolute Gasteiger partial charge is 0.282 e. The molecule has 1 aromatic rings. The monoisotopic (exact) mass is 189 g/mol. The second kappa shape index (κ2) is 5.36. The van der Waals surface area contributed by atoms with E-state index in [2.05, 4.69) is 29.8 Å². The first-order valence-corrected chi connectivity index (χ1v) is 4.75. The zero-order chi connectivity index (χ0) is 10.4. The van der Waals surface area contributed by atoms with E-state index in [1.807, 2.05) is 18.2 Å². The van der Waals surface area contributed by atoms with E-state index in [0.29, 0.717) is 12.6 Å². The minimum atomic E-state index is 0.372. The predicted octanol–water partition coefficient (Wildman–Crippen LogP) is 1.82. The average Bonchev–Trinajstić information content (AvgIpc) is 2.18. The summed E-state index contributed by atoms with van der Waals surface area (Å²) in [6.07, 6.45) is 1.78. The Bertz CT molecular complexity index is 300. The molecule has 1 heterocycles. The lowest BCUT2D eigenvalue weighted by atomic mass is 10.2. The van der Waals surface area contributed by atoms with Crippen LogP contribution in [-0.2, 0) is 6.54 Å². The molecule has 3 nitrogen and oxygen atoms in total. The van der Waals surface area contributed by atoms with E-state index in [1.54, 1.807) is 6.20 Å². The number of pyridine rings is 1. The van der Waals surface area contributed by atoms with E-state index >= 15 is 0 Å². The number of rotatable bonds is 4. The normalized spacial score (nSPS) is 10.5. The molecule has 0 unspecified atom stereocenters. The van der Waals surface area contributed by atoms with Gasteiger partial charge in [0, 0.05) is 18.8 Å². The van der Waals surface area contributed by atoms with Crippen LogP contribution >= 0.6 is 0 Å². The first-order chi connectivity index (χ1) is 6.74. The summed E-state index contributed by atoms with van der Waals surface area (Å²) in [6, 6.07) is 8.38. The Morgan fingerprint density at radius 3 is 2.79 bits per heavy atom. The molecule has 0 saturated heterocycles. The molecule has 0 aliphatic carbocycles. The van der Waals surface area contributed by atoms with E-state index in [1.165, 1.54) is 0 Å². The topological polar surface area (TPSA) is 39.9 Å². The molecule has 0 spiro atoms. The Balaban J connectivity index is 2.61. The Kier molecular flexibility index (Phi) is 4.09. The molecule has 0 saturated carbocycles. The van der Waals surface area contributed by atoms with Gasteiger partial charge in [-0.1, -0.05) is 6.07 Å². The molecule has 0 bridgehead atoms. The quantitative estimate of drug-likeness (QED) is 0.678. The molecule has 0 N–H and O–H groups in total. The van der Waals surface area contributed by atoms with Crippen LogP contribution < -0.4 is 0 Å². The number of nitrogens with zero attached hydrogens (tertiary/aromatic N) is 3. The van der Waals surface area contributed by atoms with Gasteiger partial charge < -0.3 is 0 Å². The van der Waals surface area contributed by atoms with Crippen molar-refractivity contribution in [2.45, 2.75) is 26.4 Å². The van der Waals surface area contributed by atoms with Crippen LogP contribution in [0.25, 0.3) is 0 Å². The molecular formula is C11H15N3. The zero-order valence-electron chi connectivity index (χ0n) is 8.64. The molecule has 1 aromatic heterocycles. The Labute approximate surface area is 85.0 Å². The van der Waals surface area contributed by atoms with Gasteiger partial charge in [-0.2, -0.15) is 5.26 Å². The van der Waals surface area contributed by atoms with E-state index in [4.69, 9.17) is 5.26 Å². The van der Waals surface area contributed by atoms with Crippen LogP contribution in [0.4, 0.5) is 0 Å². The standard InChI is InChI=1S/C11H15N3/c1-10(2)14(8-6-12)9-11-5-3-4-7-13-11/h3-5,7,10H,8-9H2,1-2H3. The Hall–Kier alpha value is -1.40. The minimum Gasteiger partial charge on any atom is -0.282 e. The van der Waals surface area contributed by atoms with Gasteiger partial charge in [0.25, 0.3) is 0 Å². The van der Waals surface area contributed by atoms with Crippen molar-refractivity contribution in [2.24, 2.45) is 0 Å². The van der Waals surface area contributed by atoms with Gasteiger partial charge in [-0.25, -0.2) is 0 Å². The van der Waals surface area contributed by atoms with Crippen molar-refractivity contribution in [3.8, 4) is 6.07 Å². The maximum Gasteiger partial charge on any atom is 0.0871 e. The fourth-order valence-corrected chi connectivity index (χ4v) is 1.21. The highest BCUT2D eigenvalue weighted by Gasteiger charge is 2.09. The average molecular weight is 189 g/mol. The molecule has 0 atom stereocenters. The van der Waals surface area contributed by atoms with Gasteiger partial charge in [-0.05, 0) is 26.0 Å². The Morgan fingerprint density at radius 1 is 1.50 bits per heavy atom. The van der Waals surface area contributed by atoms with Crippen LogP contribution in [0.1, 0.15) is 19.5 Å². The second-order valence-electron chi connectivity index (χ2n) is 3.48. The molecule has 0 aromatic carbocycles. The van der Waals surface area contributed by atoms with Gasteiger partial charge in [0.1, 0.15) is 0 Å². The van der Waals surface area contributed by atoms with Crippen LogP contribution in [-0.4, -0.2) is 22.5 Å². The fourth-order valence-electron chi connectivity index (χ4n) is 1.21. The summed E-state index contributed by atoms with van der Waals surface area (Å²) in [6.45, 7) is 5.36. The highest BCUT2D eigenvalue weighted by atomic mass is 15.1. The second-order valence-corrected chi connectivity index (χ2v) is 3.48. The molecule has 14 heavy (non-hydrogen) atoms. The van der Waals surface area contributed by atoms with Gasteiger partial charge >= 0.3 is 0 Å². The lowest BCUT2D eigenvalue weighted by Crippen LogP contribution is -2.30. The van der Waals surface area contributed by atoms with E-state index in [0.717, 1.165) is 12.2 Å². The number of aromatic nitrogens is 1. The maximum atomic E-state index is 8.65. The van der Waals surface area contributed by atoms with Gasteiger partial charge in [-0.15, -0.1) is 0 Å². The molecule has 0 amide bonds. The molecule has 0 fully saturated rings. The molecule has 3 heteroatoms. The van der Waals surface area contributed by atoms with Gasteiger partial charge in [0.05, 0.1) is 18.3 Å². The van der Waals surface area contributed by atoms with Crippen molar-refractivity contribution in [1.82, 2.24) is 9.88 Å². The Morgan fingerprint density at radius 2 is 2.29 bits per heavy atom. The van der Waals surface area contributed by atoms with Crippen molar-refractivity contribution in [2.75, 3.05) is 6.54 Å². The smallest absolute Gasteiger partial charge is 0.0871 e. The van der Waals surface area contributed by atoms with Crippen molar-refractivity contribution in [3.63, 3.8) is 0 Å². The fraction of sp³-hybridized carbons (Fsp3) is 0.455. The molecule has 0 aliphatic rings. The zero-order valence-corrected chi connectivity index (χ0v) is 8.64. The molecule has 0 radical (unpaired) electrons. The summed E-state index contributed by atoms with van der Waals surface area (Å²) >= 11 is 0. The van der Waals surface area contributed by atoms with Crippen LogP contribution in [0.3, 0.4) is 0 Å². The molecule has 0 aliphatic heterocycles. The highest BCUT2D eigenvalue weighted by molar-refractivity contribution is 5.03. The summed E-state index contributed by atoms with van der Waals surface area (Å²) in [4.78, 5) is 6.32. The summed E-state index contributed by atoms with van der Waals surface area (Å²) in [5.41, 5.74) is 1.01. The lowest BCUT2D eigenvalue weighted by Gasteiger charge is -2.22. The van der Waals surface area contributed by atoms with Crippen molar-refractivity contribution >= 4 is 0 Å². The molecule has 1 rings (SSSR count). The van der Waals surface area contributed by atoms with Crippen LogP contribution in [0, 0.1) is 11.3 Å². The van der Waals surface area contributed by atoms with Gasteiger partial charge in [-0.3, -0.25) is 9.88 Å².